The molecule has 2 aliphatic rings. The monoisotopic (exact) mass is 308 g/mol. The van der Waals surface area contributed by atoms with E-state index in [4.69, 9.17) is 0 Å². The number of imide groups is 1. The summed E-state index contributed by atoms with van der Waals surface area (Å²) in [4.78, 5) is 24.8. The molecule has 0 radical (unpaired) electrons. The molecule has 3 rings (SSSR count). The topological polar surface area (TPSA) is 49.4 Å². The van der Waals surface area contributed by atoms with E-state index in [0.717, 1.165) is 19.3 Å². The number of piperidine rings is 2. The van der Waals surface area contributed by atoms with Crippen molar-refractivity contribution in [3.8, 4) is 0 Å². The Labute approximate surface area is 127 Å². The lowest BCUT2D eigenvalue weighted by Crippen LogP contribution is -2.40. The molecule has 1 aromatic carbocycles. The van der Waals surface area contributed by atoms with Crippen molar-refractivity contribution >= 4 is 17.5 Å². The first-order valence-corrected chi connectivity index (χ1v) is 7.64. The molecule has 2 heterocycles. The lowest BCUT2D eigenvalue weighted by atomic mass is 9.89. The first-order chi connectivity index (χ1) is 10.6. The fourth-order valence-electron chi connectivity index (χ4n) is 3.19. The predicted molar refractivity (Wildman–Crippen MR) is 77.5 cm³/mol. The highest BCUT2D eigenvalue weighted by atomic mass is 19.2. The van der Waals surface area contributed by atoms with E-state index in [9.17, 15) is 18.4 Å². The molecule has 0 aliphatic carbocycles. The van der Waals surface area contributed by atoms with Gasteiger partial charge in [0.1, 0.15) is 0 Å². The van der Waals surface area contributed by atoms with Crippen LogP contribution in [0.4, 0.5) is 14.5 Å². The van der Waals surface area contributed by atoms with Gasteiger partial charge in [-0.15, -0.1) is 0 Å². The molecule has 2 saturated heterocycles. The van der Waals surface area contributed by atoms with Crippen LogP contribution in [0.15, 0.2) is 12.1 Å². The van der Waals surface area contributed by atoms with Crippen molar-refractivity contribution in [1.29, 1.82) is 0 Å². The number of carbonyl (C=O) groups excluding carboxylic acids is 2. The molecule has 2 amide bonds. The Hall–Kier alpha value is -1.98. The summed E-state index contributed by atoms with van der Waals surface area (Å²) < 4.78 is 28.8. The van der Waals surface area contributed by atoms with Crippen LogP contribution in [0.3, 0.4) is 0 Å². The van der Waals surface area contributed by atoms with Gasteiger partial charge in [0.05, 0.1) is 11.6 Å². The summed E-state index contributed by atoms with van der Waals surface area (Å²) in [5.74, 6) is -3.60. The normalized spacial score (nSPS) is 22.6. The van der Waals surface area contributed by atoms with E-state index in [2.05, 4.69) is 5.32 Å². The molecule has 0 saturated carbocycles. The van der Waals surface area contributed by atoms with E-state index in [1.807, 2.05) is 4.90 Å². The molecule has 6 heteroatoms. The summed E-state index contributed by atoms with van der Waals surface area (Å²) in [6.45, 7) is 1.43. The highest BCUT2D eigenvalue weighted by Crippen LogP contribution is 2.32. The van der Waals surface area contributed by atoms with Crippen molar-refractivity contribution in [2.75, 3.05) is 18.0 Å². The van der Waals surface area contributed by atoms with Gasteiger partial charge in [-0.3, -0.25) is 14.9 Å². The molecule has 2 fully saturated rings. The van der Waals surface area contributed by atoms with Gasteiger partial charge in [0.2, 0.25) is 11.8 Å². The lowest BCUT2D eigenvalue weighted by molar-refractivity contribution is -0.134. The van der Waals surface area contributed by atoms with E-state index in [1.54, 1.807) is 6.07 Å². The van der Waals surface area contributed by atoms with Crippen LogP contribution in [-0.4, -0.2) is 24.9 Å². The lowest BCUT2D eigenvalue weighted by Gasteiger charge is -2.30. The molecule has 0 spiro atoms. The largest absolute Gasteiger partial charge is 0.369 e. The number of carbonyl (C=O) groups is 2. The van der Waals surface area contributed by atoms with E-state index in [0.29, 0.717) is 13.1 Å². The number of nitrogens with one attached hydrogen (secondary N) is 1. The minimum Gasteiger partial charge on any atom is -0.369 e. The first-order valence-electron chi connectivity index (χ1n) is 7.64. The third-order valence-corrected chi connectivity index (χ3v) is 4.40. The van der Waals surface area contributed by atoms with Gasteiger partial charge in [0.25, 0.3) is 0 Å². The highest BCUT2D eigenvalue weighted by molar-refractivity contribution is 6.01. The summed E-state index contributed by atoms with van der Waals surface area (Å²) in [5, 5.41) is 2.18. The second-order valence-electron chi connectivity index (χ2n) is 5.85. The number of hydrogen-bond acceptors (Lipinski definition) is 3. The van der Waals surface area contributed by atoms with Gasteiger partial charge >= 0.3 is 0 Å². The first kappa shape index (κ1) is 14.9. The third kappa shape index (κ3) is 2.69. The number of nitrogens with zero attached hydrogens (tertiary/aromatic N) is 1. The van der Waals surface area contributed by atoms with Gasteiger partial charge in [0, 0.05) is 25.1 Å². The van der Waals surface area contributed by atoms with E-state index >= 15 is 0 Å². The van der Waals surface area contributed by atoms with Gasteiger partial charge in [-0.05, 0) is 31.7 Å². The second-order valence-corrected chi connectivity index (χ2v) is 5.85. The Kier molecular flexibility index (Phi) is 4.09. The van der Waals surface area contributed by atoms with Gasteiger partial charge in [-0.2, -0.15) is 0 Å². The number of hydrogen-bond donors (Lipinski definition) is 1. The number of benzene rings is 1. The Morgan fingerprint density at radius 3 is 2.45 bits per heavy atom. The van der Waals surface area contributed by atoms with E-state index in [1.165, 1.54) is 6.07 Å². The van der Waals surface area contributed by atoms with Crippen LogP contribution in [-0.2, 0) is 9.59 Å². The van der Waals surface area contributed by atoms with Crippen LogP contribution in [0.25, 0.3) is 0 Å². The van der Waals surface area contributed by atoms with Crippen LogP contribution >= 0.6 is 0 Å². The summed E-state index contributed by atoms with van der Waals surface area (Å²) >= 11 is 0. The van der Waals surface area contributed by atoms with Gasteiger partial charge in [-0.1, -0.05) is 6.07 Å². The highest BCUT2D eigenvalue weighted by Gasteiger charge is 2.32. The van der Waals surface area contributed by atoms with Gasteiger partial charge in [0.15, 0.2) is 11.6 Å². The maximum absolute atomic E-state index is 14.4. The smallest absolute Gasteiger partial charge is 0.234 e. The van der Waals surface area contributed by atoms with Crippen molar-refractivity contribution in [3.05, 3.63) is 29.3 Å². The van der Waals surface area contributed by atoms with Crippen LogP contribution in [0, 0.1) is 11.6 Å². The fourth-order valence-corrected chi connectivity index (χ4v) is 3.19. The standard InChI is InChI=1S/C16H18F2N2O2/c17-14-10(11-5-7-13(21)19-16(11)22)4-6-12(15(14)18)20-8-2-1-3-9-20/h4,6,11H,1-3,5,7-9H2,(H,19,21,22). The molecule has 0 bridgehead atoms. The summed E-state index contributed by atoms with van der Waals surface area (Å²) in [7, 11) is 0. The molecule has 2 aliphatic heterocycles. The van der Waals surface area contributed by atoms with E-state index < -0.39 is 23.5 Å². The molecule has 0 aromatic heterocycles. The molecule has 4 nitrogen and oxygen atoms in total. The number of halogens is 2. The van der Waals surface area contributed by atoms with Crippen molar-refractivity contribution < 1.29 is 18.4 Å². The number of rotatable bonds is 2. The van der Waals surface area contributed by atoms with Crippen molar-refractivity contribution in [2.45, 2.75) is 38.0 Å². The quantitative estimate of drug-likeness (QED) is 0.854. The Morgan fingerprint density at radius 1 is 1.05 bits per heavy atom. The third-order valence-electron chi connectivity index (χ3n) is 4.40. The molecule has 118 valence electrons. The van der Waals surface area contributed by atoms with Gasteiger partial charge < -0.3 is 4.90 Å². The van der Waals surface area contributed by atoms with Gasteiger partial charge in [-0.25, -0.2) is 8.78 Å². The molecule has 22 heavy (non-hydrogen) atoms. The maximum atomic E-state index is 14.4. The summed E-state index contributed by atoms with van der Waals surface area (Å²) in [6.07, 6.45) is 3.40. The Morgan fingerprint density at radius 2 is 1.77 bits per heavy atom. The van der Waals surface area contributed by atoms with Crippen LogP contribution in [0.5, 0.6) is 0 Å². The zero-order valence-electron chi connectivity index (χ0n) is 12.2. The molecule has 1 unspecified atom stereocenters. The molecule has 1 atom stereocenters. The zero-order chi connectivity index (χ0) is 15.7. The molecular weight excluding hydrogens is 290 g/mol. The average Bonchev–Trinajstić information content (AvgIpc) is 2.52. The van der Waals surface area contributed by atoms with Crippen molar-refractivity contribution in [2.24, 2.45) is 0 Å². The number of amides is 2. The van der Waals surface area contributed by atoms with Crippen molar-refractivity contribution in [1.82, 2.24) is 5.32 Å². The number of anilines is 1. The van der Waals surface area contributed by atoms with Crippen molar-refractivity contribution in [3.63, 3.8) is 0 Å². The van der Waals surface area contributed by atoms with Crippen LogP contribution < -0.4 is 10.2 Å². The van der Waals surface area contributed by atoms with Crippen LogP contribution in [0.2, 0.25) is 0 Å². The summed E-state index contributed by atoms with van der Waals surface area (Å²) in [5.41, 5.74) is 0.288. The Bertz CT molecular complexity index is 612. The second kappa shape index (κ2) is 6.02. The minimum atomic E-state index is -0.974. The predicted octanol–water partition coefficient (Wildman–Crippen LogP) is 2.48. The molecular formula is C16H18F2N2O2. The Balaban J connectivity index is 1.89. The minimum absolute atomic E-state index is 0.0308. The van der Waals surface area contributed by atoms with Crippen LogP contribution in [0.1, 0.15) is 43.6 Å². The zero-order valence-corrected chi connectivity index (χ0v) is 12.2. The summed E-state index contributed by atoms with van der Waals surface area (Å²) in [6, 6.07) is 3.02. The molecule has 1 aromatic rings. The fraction of sp³-hybridized carbons (Fsp3) is 0.500. The molecule has 1 N–H and O–H groups in total. The average molecular weight is 308 g/mol. The SMILES string of the molecule is O=C1CCC(c2ccc(N3CCCCC3)c(F)c2F)C(=O)N1. The maximum Gasteiger partial charge on any atom is 0.234 e. The van der Waals surface area contributed by atoms with E-state index in [-0.39, 0.29) is 30.0 Å².